The maximum Gasteiger partial charge on any atom is 0.328 e. The summed E-state index contributed by atoms with van der Waals surface area (Å²) in [6.07, 6.45) is 4.73. The van der Waals surface area contributed by atoms with Gasteiger partial charge in [-0.15, -0.1) is 0 Å². The summed E-state index contributed by atoms with van der Waals surface area (Å²) in [5, 5.41) is 8.52. The first-order valence-corrected chi connectivity index (χ1v) is 5.99. The Kier molecular flexibility index (Phi) is 4.36. The van der Waals surface area contributed by atoms with Gasteiger partial charge in [0, 0.05) is 18.9 Å². The first-order valence-electron chi connectivity index (χ1n) is 5.99. The van der Waals surface area contributed by atoms with E-state index in [4.69, 9.17) is 14.6 Å². The summed E-state index contributed by atoms with van der Waals surface area (Å²) in [6.45, 7) is 1.51. The van der Waals surface area contributed by atoms with Gasteiger partial charge in [-0.1, -0.05) is 12.1 Å². The van der Waals surface area contributed by atoms with Gasteiger partial charge in [-0.2, -0.15) is 0 Å². The van der Waals surface area contributed by atoms with Gasteiger partial charge in [0.1, 0.15) is 11.9 Å². The number of carboxylic acid groups (broad SMARTS) is 1. The highest BCUT2D eigenvalue weighted by Crippen LogP contribution is 2.18. The molecule has 1 heterocycles. The Balaban J connectivity index is 1.92. The van der Waals surface area contributed by atoms with Gasteiger partial charge >= 0.3 is 5.97 Å². The van der Waals surface area contributed by atoms with Gasteiger partial charge in [-0.3, -0.25) is 0 Å². The fourth-order valence-corrected chi connectivity index (χ4v) is 1.81. The zero-order valence-electron chi connectivity index (χ0n) is 10.0. The van der Waals surface area contributed by atoms with Gasteiger partial charge in [0.25, 0.3) is 0 Å². The Morgan fingerprint density at radius 3 is 2.56 bits per heavy atom. The van der Waals surface area contributed by atoms with E-state index in [-0.39, 0.29) is 6.10 Å². The van der Waals surface area contributed by atoms with Crippen molar-refractivity contribution < 1.29 is 19.4 Å². The van der Waals surface area contributed by atoms with Gasteiger partial charge in [0.2, 0.25) is 0 Å². The average molecular weight is 248 g/mol. The summed E-state index contributed by atoms with van der Waals surface area (Å²) < 4.78 is 11.1. The number of benzene rings is 1. The van der Waals surface area contributed by atoms with Crippen LogP contribution < -0.4 is 4.74 Å². The molecule has 1 aliphatic rings. The molecule has 0 aromatic heterocycles. The van der Waals surface area contributed by atoms with E-state index in [1.165, 1.54) is 0 Å². The lowest BCUT2D eigenvalue weighted by atomic mass is 10.1. The molecule has 4 heteroatoms. The highest BCUT2D eigenvalue weighted by Gasteiger charge is 2.14. The van der Waals surface area contributed by atoms with E-state index in [1.54, 1.807) is 6.08 Å². The van der Waals surface area contributed by atoms with Crippen molar-refractivity contribution in [1.82, 2.24) is 0 Å². The molecule has 4 nitrogen and oxygen atoms in total. The van der Waals surface area contributed by atoms with Gasteiger partial charge < -0.3 is 14.6 Å². The number of carbonyl (C=O) groups is 1. The summed E-state index contributed by atoms with van der Waals surface area (Å²) in [5.41, 5.74) is 0.844. The average Bonchev–Trinajstić information content (AvgIpc) is 2.39. The molecule has 0 aliphatic carbocycles. The zero-order valence-corrected chi connectivity index (χ0v) is 10.0. The number of ether oxygens (including phenoxy) is 2. The molecule has 1 fully saturated rings. The predicted molar refractivity (Wildman–Crippen MR) is 67.6 cm³/mol. The molecule has 1 aromatic carbocycles. The normalized spacial score (nSPS) is 16.9. The van der Waals surface area contributed by atoms with Crippen LogP contribution >= 0.6 is 0 Å². The number of hydrogen-bond donors (Lipinski definition) is 1. The molecule has 0 spiro atoms. The molecule has 2 rings (SSSR count). The maximum absolute atomic E-state index is 10.4. The van der Waals surface area contributed by atoms with Crippen molar-refractivity contribution in [2.45, 2.75) is 18.9 Å². The third-order valence-corrected chi connectivity index (χ3v) is 2.77. The SMILES string of the molecule is O=C(O)/C=C/c1ccc(OC2CCOCC2)cc1. The summed E-state index contributed by atoms with van der Waals surface area (Å²) in [4.78, 5) is 10.4. The Morgan fingerprint density at radius 2 is 1.94 bits per heavy atom. The van der Waals surface area contributed by atoms with Crippen LogP contribution in [0.25, 0.3) is 6.08 Å². The summed E-state index contributed by atoms with van der Waals surface area (Å²) in [6, 6.07) is 7.40. The molecule has 0 bridgehead atoms. The van der Waals surface area contributed by atoms with E-state index in [1.807, 2.05) is 24.3 Å². The largest absolute Gasteiger partial charge is 0.490 e. The van der Waals surface area contributed by atoms with Crippen molar-refractivity contribution in [1.29, 1.82) is 0 Å². The van der Waals surface area contributed by atoms with Gasteiger partial charge in [0.15, 0.2) is 0 Å². The molecule has 1 saturated heterocycles. The predicted octanol–water partition coefficient (Wildman–Crippen LogP) is 2.34. The monoisotopic (exact) mass is 248 g/mol. The smallest absolute Gasteiger partial charge is 0.328 e. The molecular formula is C14H16O4. The van der Waals surface area contributed by atoms with Crippen LogP contribution in [-0.2, 0) is 9.53 Å². The molecule has 0 radical (unpaired) electrons. The van der Waals surface area contributed by atoms with Crippen molar-refractivity contribution in [3.8, 4) is 5.75 Å². The standard InChI is InChI=1S/C14H16O4/c15-14(16)6-3-11-1-4-12(5-2-11)18-13-7-9-17-10-8-13/h1-6,13H,7-10H2,(H,15,16)/b6-3+. The first-order chi connectivity index (χ1) is 8.74. The van der Waals surface area contributed by atoms with E-state index in [0.29, 0.717) is 0 Å². The quantitative estimate of drug-likeness (QED) is 0.831. The molecule has 1 N–H and O–H groups in total. The Bertz CT molecular complexity index is 416. The van der Waals surface area contributed by atoms with Crippen LogP contribution in [0.4, 0.5) is 0 Å². The number of aliphatic carboxylic acids is 1. The molecule has 0 amide bonds. The Morgan fingerprint density at radius 1 is 1.28 bits per heavy atom. The highest BCUT2D eigenvalue weighted by atomic mass is 16.5. The highest BCUT2D eigenvalue weighted by molar-refractivity contribution is 5.85. The van der Waals surface area contributed by atoms with Gasteiger partial charge in [-0.25, -0.2) is 4.79 Å². The number of rotatable bonds is 4. The lowest BCUT2D eigenvalue weighted by Crippen LogP contribution is -2.25. The van der Waals surface area contributed by atoms with E-state index in [9.17, 15) is 4.79 Å². The second-order valence-electron chi connectivity index (χ2n) is 4.17. The fraction of sp³-hybridized carbons (Fsp3) is 0.357. The van der Waals surface area contributed by atoms with Crippen LogP contribution in [-0.4, -0.2) is 30.4 Å². The second-order valence-corrected chi connectivity index (χ2v) is 4.17. The van der Waals surface area contributed by atoms with Crippen LogP contribution in [0.5, 0.6) is 5.75 Å². The minimum Gasteiger partial charge on any atom is -0.490 e. The van der Waals surface area contributed by atoms with Crippen LogP contribution in [0.15, 0.2) is 30.3 Å². The molecule has 0 saturated carbocycles. The van der Waals surface area contributed by atoms with Crippen LogP contribution in [0.2, 0.25) is 0 Å². The van der Waals surface area contributed by atoms with Crippen molar-refractivity contribution in [2.75, 3.05) is 13.2 Å². The third-order valence-electron chi connectivity index (χ3n) is 2.77. The van der Waals surface area contributed by atoms with E-state index in [0.717, 1.165) is 43.4 Å². The number of carboxylic acids is 1. The van der Waals surface area contributed by atoms with Crippen LogP contribution in [0.1, 0.15) is 18.4 Å². The molecule has 18 heavy (non-hydrogen) atoms. The minimum absolute atomic E-state index is 0.221. The van der Waals surface area contributed by atoms with Crippen LogP contribution in [0.3, 0.4) is 0 Å². The lowest BCUT2D eigenvalue weighted by Gasteiger charge is -2.23. The molecule has 1 aliphatic heterocycles. The second kappa shape index (κ2) is 6.21. The topological polar surface area (TPSA) is 55.8 Å². The van der Waals surface area contributed by atoms with Gasteiger partial charge in [0.05, 0.1) is 13.2 Å². The number of hydrogen-bond acceptors (Lipinski definition) is 3. The van der Waals surface area contributed by atoms with E-state index in [2.05, 4.69) is 0 Å². The third kappa shape index (κ3) is 3.89. The zero-order chi connectivity index (χ0) is 12.8. The van der Waals surface area contributed by atoms with Crippen molar-refractivity contribution in [3.05, 3.63) is 35.9 Å². The molecule has 96 valence electrons. The maximum atomic E-state index is 10.4. The van der Waals surface area contributed by atoms with E-state index >= 15 is 0 Å². The molecular weight excluding hydrogens is 232 g/mol. The first kappa shape index (κ1) is 12.6. The van der Waals surface area contributed by atoms with E-state index < -0.39 is 5.97 Å². The Labute approximate surface area is 106 Å². The fourth-order valence-electron chi connectivity index (χ4n) is 1.81. The summed E-state index contributed by atoms with van der Waals surface area (Å²) in [7, 11) is 0. The summed E-state index contributed by atoms with van der Waals surface area (Å²) >= 11 is 0. The van der Waals surface area contributed by atoms with Crippen LogP contribution in [0, 0.1) is 0 Å². The Hall–Kier alpha value is -1.81. The lowest BCUT2D eigenvalue weighted by molar-refractivity contribution is -0.131. The summed E-state index contributed by atoms with van der Waals surface area (Å²) in [5.74, 6) is -0.132. The molecule has 0 unspecified atom stereocenters. The molecule has 0 atom stereocenters. The van der Waals surface area contributed by atoms with Gasteiger partial charge in [-0.05, 0) is 23.8 Å². The van der Waals surface area contributed by atoms with Crippen molar-refractivity contribution >= 4 is 12.0 Å². The van der Waals surface area contributed by atoms with Crippen molar-refractivity contribution in [2.24, 2.45) is 0 Å². The van der Waals surface area contributed by atoms with Crippen molar-refractivity contribution in [3.63, 3.8) is 0 Å². The molecule has 1 aromatic rings. The minimum atomic E-state index is -0.947.